The van der Waals surface area contributed by atoms with Crippen LogP contribution in [0.1, 0.15) is 13.3 Å². The monoisotopic (exact) mass is 142 g/mol. The highest BCUT2D eigenvalue weighted by Crippen LogP contribution is 2.08. The summed E-state index contributed by atoms with van der Waals surface area (Å²) in [4.78, 5) is 10.1. The zero-order valence-corrected chi connectivity index (χ0v) is 5.79. The fourth-order valence-electron chi connectivity index (χ4n) is 0.534. The van der Waals surface area contributed by atoms with Crippen LogP contribution in [0.5, 0.6) is 0 Å². The van der Waals surface area contributed by atoms with E-state index in [4.69, 9.17) is 10.2 Å². The van der Waals surface area contributed by atoms with Crippen LogP contribution in [0.25, 0.3) is 0 Å². The maximum Gasteiger partial charge on any atom is 0.307 e. The van der Waals surface area contributed by atoms with Gasteiger partial charge in [0.2, 0.25) is 0 Å². The second kappa shape index (κ2) is 3.71. The molecule has 0 aliphatic heterocycles. The summed E-state index contributed by atoms with van der Waals surface area (Å²) < 4.78 is 0. The van der Waals surface area contributed by atoms with E-state index >= 15 is 0 Å². The first kappa shape index (κ1) is 8.75. The normalized spacial score (nSPS) is 11.1. The predicted molar refractivity (Wildman–Crippen MR) is 37.8 cm³/mol. The average molecular weight is 142 g/mol. The number of carbonyl (C=O) groups is 1. The Morgan fingerprint density at radius 3 is 2.20 bits per heavy atom. The molecule has 0 heterocycles. The number of aliphatic hydroxyl groups excluding tert-OH is 1. The van der Waals surface area contributed by atoms with Gasteiger partial charge in [-0.05, 0) is 6.92 Å². The van der Waals surface area contributed by atoms with Crippen molar-refractivity contribution in [2.75, 3.05) is 0 Å². The fourth-order valence-corrected chi connectivity index (χ4v) is 0.534. The molecule has 0 amide bonds. The highest BCUT2D eigenvalue weighted by atomic mass is 16.4. The largest absolute Gasteiger partial charge is 0.508 e. The summed E-state index contributed by atoms with van der Waals surface area (Å²) in [5.74, 6) is -1.15. The molecule has 0 bridgehead atoms. The van der Waals surface area contributed by atoms with Crippen molar-refractivity contribution in [1.29, 1.82) is 0 Å². The van der Waals surface area contributed by atoms with E-state index in [1.165, 1.54) is 6.08 Å². The van der Waals surface area contributed by atoms with E-state index in [9.17, 15) is 4.79 Å². The van der Waals surface area contributed by atoms with Crippen molar-refractivity contribution in [2.45, 2.75) is 13.3 Å². The summed E-state index contributed by atoms with van der Waals surface area (Å²) in [6, 6.07) is 0. The van der Waals surface area contributed by atoms with Crippen molar-refractivity contribution < 1.29 is 15.0 Å². The van der Waals surface area contributed by atoms with Gasteiger partial charge in [0.05, 0.1) is 6.42 Å². The number of rotatable bonds is 3. The van der Waals surface area contributed by atoms with Gasteiger partial charge in [-0.25, -0.2) is 0 Å². The van der Waals surface area contributed by atoms with Crippen molar-refractivity contribution in [3.8, 4) is 0 Å². The zero-order chi connectivity index (χ0) is 8.15. The molecule has 10 heavy (non-hydrogen) atoms. The van der Waals surface area contributed by atoms with E-state index < -0.39 is 5.97 Å². The Bertz CT molecular complexity index is 179. The molecule has 0 aliphatic rings. The van der Waals surface area contributed by atoms with Crippen LogP contribution in [0, 0.1) is 0 Å². The summed E-state index contributed by atoms with van der Waals surface area (Å²) in [5, 5.41) is 17.0. The Hall–Kier alpha value is -1.25. The van der Waals surface area contributed by atoms with Gasteiger partial charge < -0.3 is 10.2 Å². The van der Waals surface area contributed by atoms with E-state index in [1.54, 1.807) is 6.92 Å². The molecule has 0 radical (unpaired) electrons. The van der Waals surface area contributed by atoms with Crippen LogP contribution in [0.4, 0.5) is 0 Å². The van der Waals surface area contributed by atoms with Gasteiger partial charge in [-0.3, -0.25) is 4.79 Å². The predicted octanol–water partition coefficient (Wildman–Crippen LogP) is 1.48. The molecular weight excluding hydrogens is 132 g/mol. The van der Waals surface area contributed by atoms with Crippen LogP contribution < -0.4 is 0 Å². The van der Waals surface area contributed by atoms with Gasteiger partial charge in [0, 0.05) is 5.57 Å². The first-order chi connectivity index (χ1) is 4.57. The third-order valence-electron chi connectivity index (χ3n) is 1.06. The summed E-state index contributed by atoms with van der Waals surface area (Å²) in [5.41, 5.74) is 0.354. The fraction of sp³-hybridized carbons (Fsp3) is 0.286. The SMILES string of the molecule is C=C(O)/C(=C/C)CC(=O)O. The first-order valence-electron chi connectivity index (χ1n) is 2.83. The maximum absolute atomic E-state index is 10.1. The summed E-state index contributed by atoms with van der Waals surface area (Å²) >= 11 is 0. The number of hydrogen-bond acceptors (Lipinski definition) is 2. The van der Waals surface area contributed by atoms with Gasteiger partial charge in [-0.2, -0.15) is 0 Å². The minimum Gasteiger partial charge on any atom is -0.508 e. The van der Waals surface area contributed by atoms with Gasteiger partial charge >= 0.3 is 5.97 Å². The number of carboxylic acids is 1. The van der Waals surface area contributed by atoms with Crippen LogP contribution in [0.2, 0.25) is 0 Å². The molecule has 0 rings (SSSR count). The lowest BCUT2D eigenvalue weighted by atomic mass is 10.1. The molecule has 0 aromatic heterocycles. The van der Waals surface area contributed by atoms with Gasteiger partial charge in [0.25, 0.3) is 0 Å². The van der Waals surface area contributed by atoms with E-state index in [0.717, 1.165) is 0 Å². The molecule has 0 aromatic carbocycles. The lowest BCUT2D eigenvalue weighted by Crippen LogP contribution is -1.98. The Morgan fingerprint density at radius 1 is 1.60 bits per heavy atom. The number of aliphatic carboxylic acids is 1. The summed E-state index contributed by atoms with van der Waals surface area (Å²) in [6.45, 7) is 4.86. The Morgan fingerprint density at radius 2 is 2.10 bits per heavy atom. The lowest BCUT2D eigenvalue weighted by Gasteiger charge is -1.98. The van der Waals surface area contributed by atoms with Crippen molar-refractivity contribution in [3.63, 3.8) is 0 Å². The molecule has 0 atom stereocenters. The molecule has 0 unspecified atom stereocenters. The molecule has 0 aliphatic carbocycles. The molecule has 0 fully saturated rings. The van der Waals surface area contributed by atoms with Crippen LogP contribution in [0.3, 0.4) is 0 Å². The van der Waals surface area contributed by atoms with Crippen LogP contribution in [0.15, 0.2) is 24.0 Å². The molecule has 0 saturated carbocycles. The number of aliphatic hydroxyl groups is 1. The van der Waals surface area contributed by atoms with Crippen LogP contribution in [-0.2, 0) is 4.79 Å². The van der Waals surface area contributed by atoms with E-state index in [-0.39, 0.29) is 12.2 Å². The minimum absolute atomic E-state index is 0.175. The highest BCUT2D eigenvalue weighted by Gasteiger charge is 2.04. The zero-order valence-electron chi connectivity index (χ0n) is 5.79. The molecule has 0 spiro atoms. The molecular formula is C7H10O3. The number of allylic oxidation sites excluding steroid dienone is 2. The third-order valence-corrected chi connectivity index (χ3v) is 1.06. The van der Waals surface area contributed by atoms with Crippen molar-refractivity contribution in [2.24, 2.45) is 0 Å². The number of hydrogen-bond donors (Lipinski definition) is 2. The maximum atomic E-state index is 10.1. The first-order valence-corrected chi connectivity index (χ1v) is 2.83. The Kier molecular flexibility index (Phi) is 3.25. The summed E-state index contributed by atoms with van der Waals surface area (Å²) in [6.07, 6.45) is 1.35. The topological polar surface area (TPSA) is 57.5 Å². The molecule has 56 valence electrons. The lowest BCUT2D eigenvalue weighted by molar-refractivity contribution is -0.136. The van der Waals surface area contributed by atoms with Gasteiger partial charge in [0.1, 0.15) is 5.76 Å². The van der Waals surface area contributed by atoms with Crippen LogP contribution >= 0.6 is 0 Å². The Labute approximate surface area is 59.3 Å². The van der Waals surface area contributed by atoms with Crippen molar-refractivity contribution in [3.05, 3.63) is 24.0 Å². The molecule has 0 aromatic rings. The van der Waals surface area contributed by atoms with Crippen molar-refractivity contribution in [1.82, 2.24) is 0 Å². The number of carboxylic acid groups (broad SMARTS) is 1. The molecule has 3 nitrogen and oxygen atoms in total. The summed E-state index contributed by atoms with van der Waals surface area (Å²) in [7, 11) is 0. The van der Waals surface area contributed by atoms with Crippen LogP contribution in [-0.4, -0.2) is 16.2 Å². The smallest absolute Gasteiger partial charge is 0.307 e. The van der Waals surface area contributed by atoms with E-state index in [2.05, 4.69) is 6.58 Å². The minimum atomic E-state index is -0.969. The van der Waals surface area contributed by atoms with Crippen molar-refractivity contribution >= 4 is 5.97 Å². The highest BCUT2D eigenvalue weighted by molar-refractivity contribution is 5.71. The van der Waals surface area contributed by atoms with Gasteiger partial charge in [0.15, 0.2) is 0 Å². The van der Waals surface area contributed by atoms with Gasteiger partial charge in [-0.1, -0.05) is 12.7 Å². The quantitative estimate of drug-likeness (QED) is 0.463. The average Bonchev–Trinajstić information content (AvgIpc) is 1.81. The second-order valence-electron chi connectivity index (χ2n) is 1.83. The Balaban J connectivity index is 4.12. The third kappa shape index (κ3) is 2.91. The molecule has 2 N–H and O–H groups in total. The second-order valence-corrected chi connectivity index (χ2v) is 1.83. The standard InChI is InChI=1S/C7H10O3/c1-3-6(5(2)8)4-7(9)10/h3,8H,2,4H2,1H3,(H,9,10)/b6-3+. The van der Waals surface area contributed by atoms with Gasteiger partial charge in [-0.15, -0.1) is 0 Å². The van der Waals surface area contributed by atoms with E-state index in [1.807, 2.05) is 0 Å². The molecule has 0 saturated heterocycles. The molecule has 3 heteroatoms. The van der Waals surface area contributed by atoms with E-state index in [0.29, 0.717) is 5.57 Å².